The third kappa shape index (κ3) is 3.42. The second-order valence-corrected chi connectivity index (χ2v) is 5.85. The molecule has 1 amide bonds. The van der Waals surface area contributed by atoms with Crippen LogP contribution in [0.1, 0.15) is 17.4 Å². The molecule has 25 heavy (non-hydrogen) atoms. The van der Waals surface area contributed by atoms with Crippen molar-refractivity contribution < 1.29 is 9.18 Å². The number of benzene rings is 1. The molecule has 0 atom stereocenters. The van der Waals surface area contributed by atoms with Gasteiger partial charge in [-0.2, -0.15) is 0 Å². The highest BCUT2D eigenvalue weighted by molar-refractivity contribution is 5.94. The highest BCUT2D eigenvalue weighted by atomic mass is 19.1. The molecule has 0 N–H and O–H groups in total. The summed E-state index contributed by atoms with van der Waals surface area (Å²) in [6.45, 7) is 2.57. The molecule has 3 rings (SSSR count). The van der Waals surface area contributed by atoms with Crippen LogP contribution < -0.4 is 0 Å². The van der Waals surface area contributed by atoms with E-state index in [0.717, 1.165) is 11.1 Å². The molecule has 0 aliphatic heterocycles. The number of aromatic nitrogens is 3. The molecule has 1 aromatic carbocycles. The maximum absolute atomic E-state index is 13.3. The summed E-state index contributed by atoms with van der Waals surface area (Å²) in [7, 11) is 3.61. The fraction of sp³-hybridized carbons (Fsp3) is 0.211. The van der Waals surface area contributed by atoms with Crippen molar-refractivity contribution in [2.24, 2.45) is 7.05 Å². The van der Waals surface area contributed by atoms with Gasteiger partial charge in [-0.25, -0.2) is 14.4 Å². The van der Waals surface area contributed by atoms with Crippen LogP contribution in [-0.4, -0.2) is 38.9 Å². The lowest BCUT2D eigenvalue weighted by Gasteiger charge is -2.14. The molecule has 128 valence electrons. The summed E-state index contributed by atoms with van der Waals surface area (Å²) in [5.41, 5.74) is 2.89. The summed E-state index contributed by atoms with van der Waals surface area (Å²) >= 11 is 0. The molecule has 5 nitrogen and oxygen atoms in total. The summed E-state index contributed by atoms with van der Waals surface area (Å²) in [6.07, 6.45) is 5.23. The molecule has 6 heteroatoms. The summed E-state index contributed by atoms with van der Waals surface area (Å²) in [6, 6.07) is 8.00. The highest BCUT2D eigenvalue weighted by Gasteiger charge is 2.16. The zero-order valence-electron chi connectivity index (χ0n) is 14.4. The van der Waals surface area contributed by atoms with Crippen LogP contribution in [0.25, 0.3) is 22.5 Å². The average molecular weight is 338 g/mol. The van der Waals surface area contributed by atoms with Crippen molar-refractivity contribution in [3.8, 4) is 22.5 Å². The first-order valence-electron chi connectivity index (χ1n) is 7.99. The van der Waals surface area contributed by atoms with E-state index in [0.29, 0.717) is 23.6 Å². The second-order valence-electron chi connectivity index (χ2n) is 5.85. The standard InChI is InChI=1S/C19H19FN4O/c1-4-23(2)19(25)17-9-14(12-24(17)3)15-10-21-18(22-11-15)13-6-5-7-16(20)8-13/h5-12H,4H2,1-3H3. The zero-order valence-corrected chi connectivity index (χ0v) is 14.4. The van der Waals surface area contributed by atoms with Crippen molar-refractivity contribution in [2.75, 3.05) is 13.6 Å². The van der Waals surface area contributed by atoms with Crippen LogP contribution in [0.4, 0.5) is 4.39 Å². The van der Waals surface area contributed by atoms with E-state index in [-0.39, 0.29) is 11.7 Å². The molecule has 2 aromatic heterocycles. The first-order chi connectivity index (χ1) is 12.0. The summed E-state index contributed by atoms with van der Waals surface area (Å²) in [5.74, 6) is 0.103. The van der Waals surface area contributed by atoms with Crippen LogP contribution in [-0.2, 0) is 7.05 Å². The number of carbonyl (C=O) groups is 1. The minimum Gasteiger partial charge on any atom is -0.346 e. The van der Waals surface area contributed by atoms with Crippen molar-refractivity contribution in [2.45, 2.75) is 6.92 Å². The van der Waals surface area contributed by atoms with Crippen LogP contribution in [0, 0.1) is 5.82 Å². The van der Waals surface area contributed by atoms with Crippen molar-refractivity contribution >= 4 is 5.91 Å². The maximum Gasteiger partial charge on any atom is 0.270 e. The van der Waals surface area contributed by atoms with Gasteiger partial charge in [-0.05, 0) is 25.1 Å². The van der Waals surface area contributed by atoms with E-state index in [1.165, 1.54) is 12.1 Å². The Kier molecular flexibility index (Phi) is 4.61. The van der Waals surface area contributed by atoms with E-state index >= 15 is 0 Å². The van der Waals surface area contributed by atoms with E-state index in [2.05, 4.69) is 9.97 Å². The molecule has 0 radical (unpaired) electrons. The van der Waals surface area contributed by atoms with Crippen LogP contribution in [0.5, 0.6) is 0 Å². The largest absolute Gasteiger partial charge is 0.346 e. The second kappa shape index (κ2) is 6.84. The fourth-order valence-electron chi connectivity index (χ4n) is 2.53. The monoisotopic (exact) mass is 338 g/mol. The van der Waals surface area contributed by atoms with E-state index in [1.807, 2.05) is 26.2 Å². The molecular formula is C19H19FN4O. The smallest absolute Gasteiger partial charge is 0.270 e. The molecular weight excluding hydrogens is 319 g/mol. The quantitative estimate of drug-likeness (QED) is 0.733. The van der Waals surface area contributed by atoms with Crippen LogP contribution in [0.3, 0.4) is 0 Å². The molecule has 0 unspecified atom stereocenters. The molecule has 2 heterocycles. The lowest BCUT2D eigenvalue weighted by atomic mass is 10.1. The fourth-order valence-corrected chi connectivity index (χ4v) is 2.53. The number of nitrogens with zero attached hydrogens (tertiary/aromatic N) is 4. The Bertz CT molecular complexity index is 902. The van der Waals surface area contributed by atoms with Crippen LogP contribution in [0.15, 0.2) is 48.9 Å². The Morgan fingerprint density at radius 2 is 1.88 bits per heavy atom. The molecule has 0 bridgehead atoms. The number of aryl methyl sites for hydroxylation is 1. The van der Waals surface area contributed by atoms with Crippen molar-refractivity contribution in [3.63, 3.8) is 0 Å². The van der Waals surface area contributed by atoms with Crippen molar-refractivity contribution in [1.29, 1.82) is 0 Å². The van der Waals surface area contributed by atoms with E-state index in [1.54, 1.807) is 41.0 Å². The Morgan fingerprint density at radius 3 is 2.52 bits per heavy atom. The van der Waals surface area contributed by atoms with Gasteiger partial charge in [-0.1, -0.05) is 12.1 Å². The van der Waals surface area contributed by atoms with Crippen LogP contribution in [0.2, 0.25) is 0 Å². The third-order valence-electron chi connectivity index (χ3n) is 4.11. The minimum atomic E-state index is -0.323. The Balaban J connectivity index is 1.89. The number of halogens is 1. The zero-order chi connectivity index (χ0) is 18.0. The molecule has 0 spiro atoms. The van der Waals surface area contributed by atoms with Gasteiger partial charge >= 0.3 is 0 Å². The van der Waals surface area contributed by atoms with Gasteiger partial charge in [0.05, 0.1) is 0 Å². The van der Waals surface area contributed by atoms with Gasteiger partial charge in [0, 0.05) is 55.9 Å². The Morgan fingerprint density at radius 1 is 1.16 bits per heavy atom. The average Bonchev–Trinajstić information content (AvgIpc) is 3.02. The molecule has 0 aliphatic rings. The Labute approximate surface area is 145 Å². The third-order valence-corrected chi connectivity index (χ3v) is 4.11. The molecule has 0 aliphatic carbocycles. The summed E-state index contributed by atoms with van der Waals surface area (Å²) in [4.78, 5) is 22.6. The predicted octanol–water partition coefficient (Wildman–Crippen LogP) is 3.38. The van der Waals surface area contributed by atoms with Crippen molar-refractivity contribution in [1.82, 2.24) is 19.4 Å². The minimum absolute atomic E-state index is 0.0338. The van der Waals surface area contributed by atoms with E-state index in [4.69, 9.17) is 0 Å². The number of amides is 1. The van der Waals surface area contributed by atoms with Crippen LogP contribution >= 0.6 is 0 Å². The topological polar surface area (TPSA) is 51.0 Å². The lowest BCUT2D eigenvalue weighted by Crippen LogP contribution is -2.27. The van der Waals surface area contributed by atoms with Gasteiger partial charge in [-0.3, -0.25) is 4.79 Å². The first kappa shape index (κ1) is 16.8. The lowest BCUT2D eigenvalue weighted by molar-refractivity contribution is 0.0793. The molecule has 0 saturated carbocycles. The number of carbonyl (C=O) groups excluding carboxylic acids is 1. The van der Waals surface area contributed by atoms with E-state index < -0.39 is 0 Å². The van der Waals surface area contributed by atoms with Gasteiger partial charge in [-0.15, -0.1) is 0 Å². The highest BCUT2D eigenvalue weighted by Crippen LogP contribution is 2.23. The van der Waals surface area contributed by atoms with Gasteiger partial charge < -0.3 is 9.47 Å². The molecule has 3 aromatic rings. The number of hydrogen-bond acceptors (Lipinski definition) is 3. The normalized spacial score (nSPS) is 10.7. The first-order valence-corrected chi connectivity index (χ1v) is 7.99. The maximum atomic E-state index is 13.3. The Hall–Kier alpha value is -3.02. The van der Waals surface area contributed by atoms with Gasteiger partial charge in [0.1, 0.15) is 11.5 Å². The van der Waals surface area contributed by atoms with Gasteiger partial charge in [0.25, 0.3) is 5.91 Å². The van der Waals surface area contributed by atoms with E-state index in [9.17, 15) is 9.18 Å². The van der Waals surface area contributed by atoms with Gasteiger partial charge in [0.2, 0.25) is 0 Å². The number of hydrogen-bond donors (Lipinski definition) is 0. The summed E-state index contributed by atoms with van der Waals surface area (Å²) < 4.78 is 15.1. The number of rotatable bonds is 4. The molecule has 0 fully saturated rings. The van der Waals surface area contributed by atoms with Crippen molar-refractivity contribution in [3.05, 3.63) is 60.4 Å². The SMILES string of the molecule is CCN(C)C(=O)c1cc(-c2cnc(-c3cccc(F)c3)nc2)cn1C. The van der Waals surface area contributed by atoms with Gasteiger partial charge in [0.15, 0.2) is 5.82 Å². The predicted molar refractivity (Wildman–Crippen MR) is 94.5 cm³/mol. The summed E-state index contributed by atoms with van der Waals surface area (Å²) in [5, 5.41) is 0. The molecule has 0 saturated heterocycles.